The van der Waals surface area contributed by atoms with E-state index < -0.39 is 21.9 Å². The fourth-order valence-corrected chi connectivity index (χ4v) is 7.98. The third-order valence-electron chi connectivity index (χ3n) is 8.85. The van der Waals surface area contributed by atoms with Crippen molar-refractivity contribution in [2.24, 2.45) is 0 Å². The summed E-state index contributed by atoms with van der Waals surface area (Å²) in [5.41, 5.74) is 3.20. The van der Waals surface area contributed by atoms with E-state index in [1.807, 2.05) is 18.2 Å². The summed E-state index contributed by atoms with van der Waals surface area (Å²) in [6.07, 6.45) is 5.82. The number of ether oxygens (including phenoxy) is 2. The first-order chi connectivity index (χ1) is 21.5. The minimum atomic E-state index is -3.86. The largest absolute Gasteiger partial charge is 0.466 e. The first kappa shape index (κ1) is 31.8. The number of amides is 1. The van der Waals surface area contributed by atoms with Crippen LogP contribution >= 0.6 is 23.2 Å². The zero-order valence-corrected chi connectivity index (χ0v) is 27.2. The number of fused-ring (bicyclic) bond motifs is 2. The molecule has 1 saturated heterocycles. The van der Waals surface area contributed by atoms with Crippen molar-refractivity contribution in [3.63, 3.8) is 0 Å². The highest BCUT2D eigenvalue weighted by molar-refractivity contribution is 7.90. The monoisotopic (exact) mass is 675 g/mol. The molecule has 3 aliphatic rings. The molecule has 2 saturated carbocycles. The fourth-order valence-electron chi connectivity index (χ4n) is 6.40. The number of halogens is 2. The molecule has 3 aromatic rings. The number of carbonyl (C=O) groups is 2. The summed E-state index contributed by atoms with van der Waals surface area (Å²) in [4.78, 5) is 25.8. The van der Waals surface area contributed by atoms with Gasteiger partial charge in [-0.2, -0.15) is 0 Å². The van der Waals surface area contributed by atoms with Crippen LogP contribution in [0.2, 0.25) is 10.0 Å². The Balaban J connectivity index is 1.08. The van der Waals surface area contributed by atoms with E-state index in [9.17, 15) is 18.0 Å². The molecule has 1 N–H and O–H groups in total. The molecule has 2 bridgehead atoms. The highest BCUT2D eigenvalue weighted by Crippen LogP contribution is 2.48. The van der Waals surface area contributed by atoms with Gasteiger partial charge in [0.2, 0.25) is 10.0 Å². The van der Waals surface area contributed by atoms with Gasteiger partial charge in [0.15, 0.2) is 0 Å². The van der Waals surface area contributed by atoms with Gasteiger partial charge in [0.1, 0.15) is 11.5 Å². The number of hydrogen-bond donors (Lipinski definition) is 1. The Kier molecular flexibility index (Phi) is 9.16. The van der Waals surface area contributed by atoms with E-state index in [4.69, 9.17) is 37.2 Å². The van der Waals surface area contributed by atoms with Gasteiger partial charge in [-0.05, 0) is 81.3 Å². The number of benzene rings is 2. The zero-order chi connectivity index (χ0) is 31.8. The van der Waals surface area contributed by atoms with Crippen molar-refractivity contribution < 1.29 is 32.0 Å². The van der Waals surface area contributed by atoms with Crippen LogP contribution in [0.15, 0.2) is 47.0 Å². The number of piperidine rings is 1. The third kappa shape index (κ3) is 7.16. The number of rotatable bonds is 12. The van der Waals surface area contributed by atoms with Gasteiger partial charge in [-0.15, -0.1) is 0 Å². The summed E-state index contributed by atoms with van der Waals surface area (Å²) < 4.78 is 44.0. The molecule has 6 rings (SSSR count). The highest BCUT2D eigenvalue weighted by atomic mass is 35.5. The number of hydrogen-bond acceptors (Lipinski definition) is 9. The summed E-state index contributed by atoms with van der Waals surface area (Å²) in [5, 5.41) is 5.44. The lowest BCUT2D eigenvalue weighted by Gasteiger charge is -2.41. The number of anilines is 1. The highest BCUT2D eigenvalue weighted by Gasteiger charge is 2.47. The predicted octanol–water partition coefficient (Wildman–Crippen LogP) is 6.26. The average Bonchev–Trinajstić information content (AvgIpc) is 3.68. The van der Waals surface area contributed by atoms with E-state index in [2.05, 4.69) is 14.8 Å². The molecule has 2 aromatic carbocycles. The Morgan fingerprint density at radius 2 is 1.82 bits per heavy atom. The van der Waals surface area contributed by atoms with Crippen molar-refractivity contribution in [1.29, 1.82) is 0 Å². The maximum Gasteiger partial charge on any atom is 0.302 e. The van der Waals surface area contributed by atoms with Crippen molar-refractivity contribution >= 4 is 50.8 Å². The molecule has 2 aliphatic carbocycles. The van der Waals surface area contributed by atoms with Crippen molar-refractivity contribution in [2.45, 2.75) is 76.0 Å². The first-order valence-corrected chi connectivity index (χ1v) is 17.6. The second-order valence-corrected chi connectivity index (χ2v) is 14.7. The topological polar surface area (TPSA) is 128 Å². The van der Waals surface area contributed by atoms with Gasteiger partial charge in [-0.3, -0.25) is 9.59 Å². The van der Waals surface area contributed by atoms with Gasteiger partial charge in [-0.1, -0.05) is 34.4 Å². The normalized spacial score (nSPS) is 21.1. The molecular weight excluding hydrogens is 641 g/mol. The standard InChI is InChI=1S/C32H35Cl2N3O7S/c1-20(38)42-16-3-17-45(40,41)36-31(39)22-8-10-23(11-9-22)37-15-14-32(13-12-24(37)18-32)43-19-25-29(35-44-30(25)21-6-7-21)28-26(33)4-2-5-27(28)34/h2,4-5,8-11,21,24H,3,6-7,12-19H2,1H3,(H,36,39)/t24-,32?/m0/s1. The number of aromatic nitrogens is 1. The minimum absolute atomic E-state index is 0.0248. The van der Waals surface area contributed by atoms with E-state index in [-0.39, 0.29) is 36.0 Å². The first-order valence-electron chi connectivity index (χ1n) is 15.2. The van der Waals surface area contributed by atoms with Crippen molar-refractivity contribution in [3.8, 4) is 11.3 Å². The van der Waals surface area contributed by atoms with E-state index >= 15 is 0 Å². The van der Waals surface area contributed by atoms with Crippen LogP contribution in [0, 0.1) is 0 Å². The Bertz CT molecular complexity index is 1670. The molecule has 0 radical (unpaired) electrons. The van der Waals surface area contributed by atoms with Crippen molar-refractivity contribution in [3.05, 3.63) is 69.4 Å². The van der Waals surface area contributed by atoms with Crippen LogP contribution in [0.3, 0.4) is 0 Å². The van der Waals surface area contributed by atoms with Gasteiger partial charge in [0, 0.05) is 47.8 Å². The quantitative estimate of drug-likeness (QED) is 0.175. The third-order valence-corrected chi connectivity index (χ3v) is 10.8. The van der Waals surface area contributed by atoms with Crippen LogP contribution < -0.4 is 9.62 Å². The summed E-state index contributed by atoms with van der Waals surface area (Å²) in [6, 6.07) is 12.7. The fraction of sp³-hybridized carbons (Fsp3) is 0.469. The molecular formula is C32H35Cl2N3O7S. The van der Waals surface area contributed by atoms with Gasteiger partial charge in [-0.25, -0.2) is 13.1 Å². The van der Waals surface area contributed by atoms with Crippen LogP contribution in [0.1, 0.15) is 79.5 Å². The molecule has 1 aliphatic heterocycles. The van der Waals surface area contributed by atoms with E-state index in [0.717, 1.165) is 62.1 Å². The predicted molar refractivity (Wildman–Crippen MR) is 170 cm³/mol. The van der Waals surface area contributed by atoms with E-state index in [1.54, 1.807) is 24.3 Å². The molecule has 1 unspecified atom stereocenters. The molecule has 10 nitrogen and oxygen atoms in total. The van der Waals surface area contributed by atoms with Crippen molar-refractivity contribution in [1.82, 2.24) is 9.88 Å². The van der Waals surface area contributed by atoms with Gasteiger partial charge < -0.3 is 18.9 Å². The number of carbonyl (C=O) groups excluding carboxylic acids is 2. The van der Waals surface area contributed by atoms with Crippen LogP contribution in [-0.4, -0.2) is 56.0 Å². The van der Waals surface area contributed by atoms with Crippen molar-refractivity contribution in [2.75, 3.05) is 23.8 Å². The maximum atomic E-state index is 12.6. The lowest BCUT2D eigenvalue weighted by Crippen LogP contribution is -2.45. The van der Waals surface area contributed by atoms with Gasteiger partial charge in [0.25, 0.3) is 5.91 Å². The Morgan fingerprint density at radius 3 is 2.51 bits per heavy atom. The summed E-state index contributed by atoms with van der Waals surface area (Å²) in [7, 11) is -3.86. The molecule has 2 heterocycles. The molecule has 2 atom stereocenters. The van der Waals surface area contributed by atoms with Gasteiger partial charge >= 0.3 is 5.97 Å². The SMILES string of the molecule is CC(=O)OCCCS(=O)(=O)NC(=O)c1ccc(N2CCC3(OCc4c(-c5c(Cl)cccc5Cl)noc4C4CC4)CC[C@H]2C3)cc1. The van der Waals surface area contributed by atoms with Crippen LogP contribution in [-0.2, 0) is 30.9 Å². The number of sulfonamides is 1. The van der Waals surface area contributed by atoms with Crippen LogP contribution in [0.25, 0.3) is 11.3 Å². The van der Waals surface area contributed by atoms with E-state index in [0.29, 0.717) is 33.8 Å². The molecule has 1 amide bonds. The lowest BCUT2D eigenvalue weighted by molar-refractivity contribution is -0.140. The second-order valence-electron chi connectivity index (χ2n) is 12.0. The molecule has 3 fully saturated rings. The van der Waals surface area contributed by atoms with Crippen LogP contribution in [0.5, 0.6) is 0 Å². The Morgan fingerprint density at radius 1 is 1.09 bits per heavy atom. The smallest absolute Gasteiger partial charge is 0.302 e. The van der Waals surface area contributed by atoms with E-state index in [1.165, 1.54) is 6.92 Å². The molecule has 13 heteroatoms. The van der Waals surface area contributed by atoms with Gasteiger partial charge in [0.05, 0.1) is 34.6 Å². The number of nitrogens with one attached hydrogen (secondary N) is 1. The Labute approximate surface area is 272 Å². The molecule has 45 heavy (non-hydrogen) atoms. The summed E-state index contributed by atoms with van der Waals surface area (Å²) >= 11 is 13.1. The molecule has 1 aromatic heterocycles. The Hall–Kier alpha value is -3.12. The summed E-state index contributed by atoms with van der Waals surface area (Å²) in [6.45, 7) is 2.38. The molecule has 0 spiro atoms. The second kappa shape index (κ2) is 12.9. The zero-order valence-electron chi connectivity index (χ0n) is 24.9. The lowest BCUT2D eigenvalue weighted by atomic mass is 9.92. The maximum absolute atomic E-state index is 12.6. The van der Waals surface area contributed by atoms with Crippen LogP contribution in [0.4, 0.5) is 5.69 Å². The number of nitrogens with zero attached hydrogens (tertiary/aromatic N) is 2. The summed E-state index contributed by atoms with van der Waals surface area (Å²) in [5.74, 6) is -0.290. The number of esters is 1. The minimum Gasteiger partial charge on any atom is -0.466 e. The average molecular weight is 677 g/mol. The molecule has 240 valence electrons.